The van der Waals surface area contributed by atoms with Crippen molar-refractivity contribution in [3.8, 4) is 0 Å². The van der Waals surface area contributed by atoms with Crippen molar-refractivity contribution >= 4 is 8.19 Å². The van der Waals surface area contributed by atoms with Crippen LogP contribution in [0, 0.1) is 6.92 Å². The van der Waals surface area contributed by atoms with Gasteiger partial charge in [-0.2, -0.15) is 0 Å². The fourth-order valence-electron chi connectivity index (χ4n) is 3.08. The molecule has 1 fully saturated rings. The third-order valence-corrected chi connectivity index (χ3v) is 5.53. The first-order chi connectivity index (χ1) is 8.86. The van der Waals surface area contributed by atoms with Crippen LogP contribution >= 0.6 is 8.19 Å². The van der Waals surface area contributed by atoms with Gasteiger partial charge in [0.2, 0.25) is 0 Å². The molecule has 1 saturated carbocycles. The Balaban J connectivity index is 1.88. The molecule has 0 aromatic carbocycles. The molecule has 1 heterocycles. The maximum atomic E-state index is 4.68. The molecule has 2 rings (SSSR count). The van der Waals surface area contributed by atoms with Crippen molar-refractivity contribution in [3.63, 3.8) is 0 Å². The Hall–Kier alpha value is -0.290. The van der Waals surface area contributed by atoms with Crippen LogP contribution in [0.5, 0.6) is 0 Å². The Morgan fingerprint density at radius 3 is 1.83 bits per heavy atom. The molecule has 0 aliphatic heterocycles. The summed E-state index contributed by atoms with van der Waals surface area (Å²) in [4.78, 5) is 4.68. The highest BCUT2D eigenvalue weighted by Crippen LogP contribution is 2.34. The lowest BCUT2D eigenvalue weighted by atomic mass is 9.93. The maximum absolute atomic E-state index is 4.68. The van der Waals surface area contributed by atoms with E-state index in [0.29, 0.717) is 0 Å². The number of aromatic nitrogens is 1. The van der Waals surface area contributed by atoms with E-state index >= 15 is 0 Å². The topological polar surface area (TPSA) is 12.9 Å². The second-order valence-electron chi connectivity index (χ2n) is 5.91. The SMILES string of the molecule is Cc1cnc(C2CCCCCCCCCCC2)[pH]1. The van der Waals surface area contributed by atoms with Crippen LogP contribution in [0.15, 0.2) is 6.20 Å². The zero-order valence-electron chi connectivity index (χ0n) is 11.9. The number of aryl methyl sites for hydroxylation is 1. The summed E-state index contributed by atoms with van der Waals surface area (Å²) < 4.78 is 0. The molecule has 1 aliphatic rings. The van der Waals surface area contributed by atoms with E-state index in [9.17, 15) is 0 Å². The molecule has 2 heteroatoms. The smallest absolute Gasteiger partial charge is 0.0595 e. The Kier molecular flexibility index (Phi) is 6.28. The van der Waals surface area contributed by atoms with Crippen molar-refractivity contribution in [1.29, 1.82) is 0 Å². The quantitative estimate of drug-likeness (QED) is 0.624. The van der Waals surface area contributed by atoms with E-state index in [1.165, 1.54) is 81.4 Å². The van der Waals surface area contributed by atoms with Crippen molar-refractivity contribution in [2.45, 2.75) is 83.5 Å². The molecular formula is C16H28NP. The van der Waals surface area contributed by atoms with E-state index < -0.39 is 0 Å². The van der Waals surface area contributed by atoms with Gasteiger partial charge in [-0.25, -0.2) is 0 Å². The highest BCUT2D eigenvalue weighted by atomic mass is 31.0. The van der Waals surface area contributed by atoms with Crippen LogP contribution in [0.2, 0.25) is 0 Å². The molecule has 0 amide bonds. The van der Waals surface area contributed by atoms with Gasteiger partial charge in [-0.1, -0.05) is 57.8 Å². The summed E-state index contributed by atoms with van der Waals surface area (Å²) in [7, 11) is 0.903. The second kappa shape index (κ2) is 8.00. The van der Waals surface area contributed by atoms with E-state index in [1.54, 1.807) is 0 Å². The minimum absolute atomic E-state index is 0.802. The molecule has 0 spiro atoms. The normalized spacial score (nSPS) is 21.6. The Morgan fingerprint density at radius 1 is 0.889 bits per heavy atom. The van der Waals surface area contributed by atoms with E-state index in [0.717, 1.165) is 14.1 Å². The van der Waals surface area contributed by atoms with Gasteiger partial charge in [0.1, 0.15) is 0 Å². The monoisotopic (exact) mass is 265 g/mol. The van der Waals surface area contributed by atoms with Gasteiger partial charge < -0.3 is 0 Å². The van der Waals surface area contributed by atoms with Crippen LogP contribution in [-0.4, -0.2) is 4.98 Å². The lowest BCUT2D eigenvalue weighted by molar-refractivity contribution is 0.466. The highest BCUT2D eigenvalue weighted by molar-refractivity contribution is 7.31. The van der Waals surface area contributed by atoms with Crippen molar-refractivity contribution in [2.24, 2.45) is 0 Å². The van der Waals surface area contributed by atoms with Gasteiger partial charge in [-0.15, -0.1) is 8.19 Å². The Bertz CT molecular complexity index is 320. The Labute approximate surface area is 114 Å². The number of nitrogens with zero attached hydrogens (tertiary/aromatic N) is 1. The van der Waals surface area contributed by atoms with Gasteiger partial charge in [0, 0.05) is 12.1 Å². The molecule has 102 valence electrons. The van der Waals surface area contributed by atoms with Crippen molar-refractivity contribution in [1.82, 2.24) is 4.98 Å². The zero-order chi connectivity index (χ0) is 12.6. The summed E-state index contributed by atoms with van der Waals surface area (Å²) in [6.07, 6.45) is 17.9. The van der Waals surface area contributed by atoms with E-state index in [2.05, 4.69) is 18.1 Å². The van der Waals surface area contributed by atoms with Gasteiger partial charge in [0.15, 0.2) is 0 Å². The second-order valence-corrected chi connectivity index (χ2v) is 7.46. The fraction of sp³-hybridized carbons (Fsp3) is 0.812. The maximum Gasteiger partial charge on any atom is 0.0595 e. The molecule has 1 aromatic rings. The lowest BCUT2D eigenvalue weighted by Gasteiger charge is -2.16. The first-order valence-electron chi connectivity index (χ1n) is 7.88. The first kappa shape index (κ1) is 14.1. The van der Waals surface area contributed by atoms with Gasteiger partial charge in [0.05, 0.1) is 5.43 Å². The fourth-order valence-corrected chi connectivity index (χ4v) is 4.23. The molecule has 0 saturated heterocycles. The molecule has 18 heavy (non-hydrogen) atoms. The summed E-state index contributed by atoms with van der Waals surface area (Å²) in [5.74, 6) is 0.802. The largest absolute Gasteiger partial charge is 0.256 e. The van der Waals surface area contributed by atoms with Gasteiger partial charge in [-0.3, -0.25) is 4.98 Å². The Morgan fingerprint density at radius 2 is 1.39 bits per heavy atom. The number of hydrogen-bond acceptors (Lipinski definition) is 1. The standard InChI is InChI=1S/C16H28NP/c1-14-13-17-16(18-14)15-11-9-7-5-3-2-4-6-8-10-12-15/h13,15,18H,2-12H2,1H3. The predicted molar refractivity (Wildman–Crippen MR) is 82.0 cm³/mol. The lowest BCUT2D eigenvalue weighted by Crippen LogP contribution is -1.99. The minimum atomic E-state index is 0.802. The van der Waals surface area contributed by atoms with Gasteiger partial charge in [0.25, 0.3) is 0 Å². The molecule has 1 atom stereocenters. The minimum Gasteiger partial charge on any atom is -0.256 e. The molecule has 1 aliphatic carbocycles. The van der Waals surface area contributed by atoms with Crippen molar-refractivity contribution in [2.75, 3.05) is 0 Å². The molecule has 0 bridgehead atoms. The molecule has 0 radical (unpaired) electrons. The van der Waals surface area contributed by atoms with Crippen LogP contribution in [0.1, 0.15) is 87.3 Å². The summed E-state index contributed by atoms with van der Waals surface area (Å²) in [6, 6.07) is 0. The molecule has 1 nitrogen and oxygen atoms in total. The molecule has 1 unspecified atom stereocenters. The average Bonchev–Trinajstić information content (AvgIpc) is 2.76. The van der Waals surface area contributed by atoms with Crippen LogP contribution in [0.4, 0.5) is 0 Å². The first-order valence-corrected chi connectivity index (χ1v) is 8.88. The van der Waals surface area contributed by atoms with E-state index in [1.807, 2.05) is 0 Å². The third kappa shape index (κ3) is 4.76. The molecule has 0 N–H and O–H groups in total. The number of hydrogen-bond donors (Lipinski definition) is 0. The van der Waals surface area contributed by atoms with Crippen molar-refractivity contribution < 1.29 is 0 Å². The predicted octanol–water partition coefficient (Wildman–Crippen LogP) is 5.81. The van der Waals surface area contributed by atoms with Crippen molar-refractivity contribution in [3.05, 3.63) is 16.9 Å². The van der Waals surface area contributed by atoms with Crippen LogP contribution in [0.3, 0.4) is 0 Å². The van der Waals surface area contributed by atoms with Gasteiger partial charge in [-0.05, 0) is 25.1 Å². The van der Waals surface area contributed by atoms with Crippen LogP contribution in [-0.2, 0) is 0 Å². The van der Waals surface area contributed by atoms with Crippen LogP contribution in [0.25, 0.3) is 0 Å². The zero-order valence-corrected chi connectivity index (χ0v) is 12.9. The highest BCUT2D eigenvalue weighted by Gasteiger charge is 2.14. The third-order valence-electron chi connectivity index (χ3n) is 4.21. The summed E-state index contributed by atoms with van der Waals surface area (Å²) in [5, 5.41) is 1.48. The molecule has 1 aromatic heterocycles. The van der Waals surface area contributed by atoms with Crippen LogP contribution < -0.4 is 0 Å². The summed E-state index contributed by atoms with van der Waals surface area (Å²) in [6.45, 7) is 2.23. The summed E-state index contributed by atoms with van der Waals surface area (Å²) >= 11 is 0. The van der Waals surface area contributed by atoms with Gasteiger partial charge >= 0.3 is 0 Å². The molecular weight excluding hydrogens is 237 g/mol. The number of rotatable bonds is 1. The van der Waals surface area contributed by atoms with E-state index in [4.69, 9.17) is 0 Å². The van der Waals surface area contributed by atoms with E-state index in [-0.39, 0.29) is 0 Å². The summed E-state index contributed by atoms with van der Waals surface area (Å²) in [5.41, 5.74) is 1.52. The average molecular weight is 265 g/mol.